The fourth-order valence-corrected chi connectivity index (χ4v) is 1.33. The summed E-state index contributed by atoms with van der Waals surface area (Å²) >= 11 is 0. The molecule has 0 heterocycles. The maximum absolute atomic E-state index is 11.5. The minimum Gasteiger partial charge on any atom is -0.346 e. The molecule has 0 bridgehead atoms. The number of nitrogens with zero attached hydrogens (tertiary/aromatic N) is 1. The lowest BCUT2D eigenvalue weighted by Crippen LogP contribution is -2.35. The molecule has 2 atom stereocenters. The van der Waals surface area contributed by atoms with E-state index in [1.807, 2.05) is 14.0 Å². The van der Waals surface area contributed by atoms with Gasteiger partial charge in [0.15, 0.2) is 0 Å². The largest absolute Gasteiger partial charge is 0.346 e. The number of hydrogen-bond acceptors (Lipinski definition) is 2. The molecule has 1 amide bonds. The van der Waals surface area contributed by atoms with Crippen molar-refractivity contribution in [1.82, 2.24) is 10.2 Å². The van der Waals surface area contributed by atoms with Gasteiger partial charge in [0.2, 0.25) is 5.91 Å². The van der Waals surface area contributed by atoms with Gasteiger partial charge in [-0.25, -0.2) is 0 Å². The molecular formula is C12H26N2O. The second-order valence-corrected chi connectivity index (χ2v) is 4.29. The first-order valence-electron chi connectivity index (χ1n) is 6.00. The van der Waals surface area contributed by atoms with Gasteiger partial charge in [-0.1, -0.05) is 20.3 Å². The number of carbonyl (C=O) groups is 1. The molecular weight excluding hydrogens is 188 g/mol. The van der Waals surface area contributed by atoms with Crippen LogP contribution < -0.4 is 5.32 Å². The molecule has 3 heteroatoms. The van der Waals surface area contributed by atoms with Crippen LogP contribution in [0.2, 0.25) is 0 Å². The third-order valence-electron chi connectivity index (χ3n) is 3.20. The van der Waals surface area contributed by atoms with E-state index in [9.17, 15) is 4.79 Å². The van der Waals surface area contributed by atoms with Gasteiger partial charge in [0.05, 0.1) is 0 Å². The molecule has 0 aliphatic heterocycles. The van der Waals surface area contributed by atoms with Gasteiger partial charge in [0, 0.05) is 32.6 Å². The normalized spacial score (nSPS) is 14.7. The molecule has 0 rings (SSSR count). The van der Waals surface area contributed by atoms with Gasteiger partial charge in [0.1, 0.15) is 0 Å². The Bertz CT molecular complexity index is 182. The van der Waals surface area contributed by atoms with Gasteiger partial charge in [-0.2, -0.15) is 0 Å². The van der Waals surface area contributed by atoms with Crippen LogP contribution in [0.15, 0.2) is 0 Å². The lowest BCUT2D eigenvalue weighted by molar-refractivity contribution is -0.129. The van der Waals surface area contributed by atoms with Gasteiger partial charge in [-0.15, -0.1) is 0 Å². The molecule has 15 heavy (non-hydrogen) atoms. The van der Waals surface area contributed by atoms with Crippen molar-refractivity contribution in [2.24, 2.45) is 5.92 Å². The van der Waals surface area contributed by atoms with E-state index in [1.54, 1.807) is 4.90 Å². The van der Waals surface area contributed by atoms with Gasteiger partial charge < -0.3 is 10.2 Å². The van der Waals surface area contributed by atoms with Crippen molar-refractivity contribution in [3.63, 3.8) is 0 Å². The van der Waals surface area contributed by atoms with Crippen LogP contribution in [-0.4, -0.2) is 37.0 Å². The second-order valence-electron chi connectivity index (χ2n) is 4.29. The van der Waals surface area contributed by atoms with Crippen molar-refractivity contribution in [3.8, 4) is 0 Å². The van der Waals surface area contributed by atoms with E-state index >= 15 is 0 Å². The number of carbonyl (C=O) groups excluding carboxylic acids is 1. The summed E-state index contributed by atoms with van der Waals surface area (Å²) in [7, 11) is 1.85. The van der Waals surface area contributed by atoms with E-state index in [0.29, 0.717) is 18.4 Å². The minimum absolute atomic E-state index is 0.223. The van der Waals surface area contributed by atoms with E-state index in [0.717, 1.165) is 13.1 Å². The van der Waals surface area contributed by atoms with Crippen LogP contribution in [0.4, 0.5) is 0 Å². The zero-order chi connectivity index (χ0) is 11.8. The maximum atomic E-state index is 11.5. The summed E-state index contributed by atoms with van der Waals surface area (Å²) in [6.45, 7) is 10.2. The molecule has 90 valence electrons. The number of rotatable bonds is 7. The third kappa shape index (κ3) is 5.78. The lowest BCUT2D eigenvalue weighted by atomic mass is 10.0. The standard InChI is InChI=1S/C12H26N2O/c1-6-10(3)11(4)13-9-8-12(15)14(5)7-2/h10-11,13H,6-9H2,1-5H3/t10-,11-/m0/s1. The first-order chi connectivity index (χ1) is 7.02. The molecule has 0 aromatic carbocycles. The number of amides is 1. The molecule has 0 saturated heterocycles. The topological polar surface area (TPSA) is 32.3 Å². The highest BCUT2D eigenvalue weighted by molar-refractivity contribution is 5.75. The Morgan fingerprint density at radius 1 is 1.33 bits per heavy atom. The van der Waals surface area contributed by atoms with Crippen molar-refractivity contribution in [2.75, 3.05) is 20.1 Å². The van der Waals surface area contributed by atoms with Crippen molar-refractivity contribution in [3.05, 3.63) is 0 Å². The number of hydrogen-bond donors (Lipinski definition) is 1. The summed E-state index contributed by atoms with van der Waals surface area (Å²) in [6.07, 6.45) is 1.78. The molecule has 0 unspecified atom stereocenters. The van der Waals surface area contributed by atoms with Crippen LogP contribution in [0.25, 0.3) is 0 Å². The molecule has 0 radical (unpaired) electrons. The Balaban J connectivity index is 3.65. The van der Waals surface area contributed by atoms with E-state index in [1.165, 1.54) is 6.42 Å². The van der Waals surface area contributed by atoms with Crippen LogP contribution in [-0.2, 0) is 4.79 Å². The van der Waals surface area contributed by atoms with Gasteiger partial charge >= 0.3 is 0 Å². The quantitative estimate of drug-likeness (QED) is 0.702. The zero-order valence-electron chi connectivity index (χ0n) is 10.8. The molecule has 0 aromatic heterocycles. The summed E-state index contributed by atoms with van der Waals surface area (Å²) in [5.41, 5.74) is 0. The molecule has 0 aliphatic rings. The third-order valence-corrected chi connectivity index (χ3v) is 3.20. The van der Waals surface area contributed by atoms with Gasteiger partial charge in [-0.05, 0) is 19.8 Å². The van der Waals surface area contributed by atoms with Crippen LogP contribution >= 0.6 is 0 Å². The average Bonchev–Trinajstić information content (AvgIpc) is 2.26. The van der Waals surface area contributed by atoms with E-state index in [-0.39, 0.29) is 5.91 Å². The monoisotopic (exact) mass is 214 g/mol. The highest BCUT2D eigenvalue weighted by atomic mass is 16.2. The summed E-state index contributed by atoms with van der Waals surface area (Å²) in [5.74, 6) is 0.894. The molecule has 0 saturated carbocycles. The molecule has 3 nitrogen and oxygen atoms in total. The van der Waals surface area contributed by atoms with Gasteiger partial charge in [-0.3, -0.25) is 4.79 Å². The lowest BCUT2D eigenvalue weighted by Gasteiger charge is -2.20. The van der Waals surface area contributed by atoms with Crippen LogP contribution in [0.1, 0.15) is 40.5 Å². The summed E-state index contributed by atoms with van der Waals surface area (Å²) in [5, 5.41) is 3.40. The SMILES string of the molecule is CC[C@H](C)[C@H](C)NCCC(=O)N(C)CC. The molecule has 0 aromatic rings. The molecule has 0 aliphatic carbocycles. The van der Waals surface area contributed by atoms with E-state index in [4.69, 9.17) is 0 Å². The highest BCUT2D eigenvalue weighted by Crippen LogP contribution is 2.06. The predicted octanol–water partition coefficient (Wildman–Crippen LogP) is 1.88. The van der Waals surface area contributed by atoms with Crippen molar-refractivity contribution in [2.45, 2.75) is 46.6 Å². The zero-order valence-corrected chi connectivity index (χ0v) is 10.8. The smallest absolute Gasteiger partial charge is 0.223 e. The minimum atomic E-state index is 0.223. The Morgan fingerprint density at radius 2 is 1.93 bits per heavy atom. The summed E-state index contributed by atoms with van der Waals surface area (Å²) < 4.78 is 0. The summed E-state index contributed by atoms with van der Waals surface area (Å²) in [6, 6.07) is 0.495. The highest BCUT2D eigenvalue weighted by Gasteiger charge is 2.10. The van der Waals surface area contributed by atoms with Gasteiger partial charge in [0.25, 0.3) is 0 Å². The molecule has 0 spiro atoms. The molecule has 1 N–H and O–H groups in total. The predicted molar refractivity (Wildman–Crippen MR) is 64.8 cm³/mol. The van der Waals surface area contributed by atoms with Crippen molar-refractivity contribution in [1.29, 1.82) is 0 Å². The Labute approximate surface area is 94.2 Å². The van der Waals surface area contributed by atoms with Crippen molar-refractivity contribution >= 4 is 5.91 Å². The van der Waals surface area contributed by atoms with Crippen LogP contribution in [0.3, 0.4) is 0 Å². The number of nitrogens with one attached hydrogen (secondary N) is 1. The van der Waals surface area contributed by atoms with E-state index in [2.05, 4.69) is 26.1 Å². The summed E-state index contributed by atoms with van der Waals surface area (Å²) in [4.78, 5) is 13.2. The average molecular weight is 214 g/mol. The van der Waals surface area contributed by atoms with E-state index < -0.39 is 0 Å². The van der Waals surface area contributed by atoms with Crippen LogP contribution in [0, 0.1) is 5.92 Å². The fraction of sp³-hybridized carbons (Fsp3) is 0.917. The Morgan fingerprint density at radius 3 is 2.40 bits per heavy atom. The fourth-order valence-electron chi connectivity index (χ4n) is 1.33. The first kappa shape index (κ1) is 14.4. The Kier molecular flexibility index (Phi) is 7.39. The first-order valence-corrected chi connectivity index (χ1v) is 6.00. The maximum Gasteiger partial charge on any atom is 0.223 e. The van der Waals surface area contributed by atoms with Crippen molar-refractivity contribution < 1.29 is 4.79 Å². The second kappa shape index (κ2) is 7.69. The Hall–Kier alpha value is -0.570. The van der Waals surface area contributed by atoms with Crippen LogP contribution in [0.5, 0.6) is 0 Å². The molecule has 0 fully saturated rings.